The molecule has 1 aromatic heterocycles. The SMILES string of the molecule is CC(CO)C(C)Nc1cccc(Br)n1. The molecule has 4 heteroatoms. The molecular weight excluding hydrogens is 244 g/mol. The third kappa shape index (κ3) is 3.27. The van der Waals surface area contributed by atoms with E-state index < -0.39 is 0 Å². The molecule has 2 unspecified atom stereocenters. The van der Waals surface area contributed by atoms with Gasteiger partial charge in [-0.05, 0) is 40.9 Å². The van der Waals surface area contributed by atoms with Gasteiger partial charge in [-0.25, -0.2) is 4.98 Å². The van der Waals surface area contributed by atoms with Gasteiger partial charge in [0.1, 0.15) is 10.4 Å². The number of hydrogen-bond donors (Lipinski definition) is 2. The molecular formula is C10H15BrN2O. The summed E-state index contributed by atoms with van der Waals surface area (Å²) in [6.45, 7) is 4.21. The van der Waals surface area contributed by atoms with Gasteiger partial charge in [0.25, 0.3) is 0 Å². The van der Waals surface area contributed by atoms with Crippen molar-refractivity contribution in [2.75, 3.05) is 11.9 Å². The van der Waals surface area contributed by atoms with Crippen molar-refractivity contribution in [3.63, 3.8) is 0 Å². The maximum Gasteiger partial charge on any atom is 0.127 e. The minimum Gasteiger partial charge on any atom is -0.396 e. The van der Waals surface area contributed by atoms with Gasteiger partial charge in [-0.1, -0.05) is 13.0 Å². The number of pyridine rings is 1. The Morgan fingerprint density at radius 3 is 2.79 bits per heavy atom. The van der Waals surface area contributed by atoms with Crippen LogP contribution >= 0.6 is 15.9 Å². The predicted octanol–water partition coefficient (Wildman–Crippen LogP) is 2.27. The van der Waals surface area contributed by atoms with E-state index in [1.807, 2.05) is 32.0 Å². The fourth-order valence-electron chi connectivity index (χ4n) is 1.02. The van der Waals surface area contributed by atoms with Crippen LogP contribution in [0.1, 0.15) is 13.8 Å². The molecule has 0 saturated carbocycles. The molecule has 1 rings (SSSR count). The summed E-state index contributed by atoms with van der Waals surface area (Å²) < 4.78 is 0.811. The Morgan fingerprint density at radius 2 is 2.21 bits per heavy atom. The largest absolute Gasteiger partial charge is 0.396 e. The van der Waals surface area contributed by atoms with Gasteiger partial charge in [0.15, 0.2) is 0 Å². The molecule has 1 aromatic rings. The van der Waals surface area contributed by atoms with Crippen molar-refractivity contribution in [3.05, 3.63) is 22.8 Å². The minimum absolute atomic E-state index is 0.183. The average Bonchev–Trinajstić information content (AvgIpc) is 2.16. The second kappa shape index (κ2) is 5.32. The van der Waals surface area contributed by atoms with Crippen LogP contribution in [0.25, 0.3) is 0 Å². The molecule has 1 heterocycles. The zero-order chi connectivity index (χ0) is 10.6. The van der Waals surface area contributed by atoms with Gasteiger partial charge in [-0.3, -0.25) is 0 Å². The van der Waals surface area contributed by atoms with Gasteiger partial charge >= 0.3 is 0 Å². The molecule has 3 nitrogen and oxygen atoms in total. The fraction of sp³-hybridized carbons (Fsp3) is 0.500. The van der Waals surface area contributed by atoms with Gasteiger partial charge in [0.05, 0.1) is 0 Å². The highest BCUT2D eigenvalue weighted by Crippen LogP contribution is 2.13. The summed E-state index contributed by atoms with van der Waals surface area (Å²) in [6, 6.07) is 5.92. The minimum atomic E-state index is 0.183. The third-order valence-electron chi connectivity index (χ3n) is 2.23. The number of halogens is 1. The van der Waals surface area contributed by atoms with E-state index in [0.717, 1.165) is 10.4 Å². The highest BCUT2D eigenvalue weighted by Gasteiger charge is 2.10. The van der Waals surface area contributed by atoms with Crippen LogP contribution in [0.15, 0.2) is 22.8 Å². The van der Waals surface area contributed by atoms with Crippen LogP contribution < -0.4 is 5.32 Å². The number of hydrogen-bond acceptors (Lipinski definition) is 3. The van der Waals surface area contributed by atoms with Gasteiger partial charge in [0.2, 0.25) is 0 Å². The molecule has 0 aliphatic carbocycles. The second-order valence-electron chi connectivity index (χ2n) is 3.44. The molecule has 0 radical (unpaired) electrons. The summed E-state index contributed by atoms with van der Waals surface area (Å²) in [5, 5.41) is 12.2. The monoisotopic (exact) mass is 258 g/mol. The molecule has 0 aliphatic rings. The lowest BCUT2D eigenvalue weighted by atomic mass is 10.1. The average molecular weight is 259 g/mol. The first-order valence-corrected chi connectivity index (χ1v) is 5.42. The van der Waals surface area contributed by atoms with E-state index in [9.17, 15) is 0 Å². The Bertz CT molecular complexity index is 293. The highest BCUT2D eigenvalue weighted by molar-refractivity contribution is 9.10. The van der Waals surface area contributed by atoms with E-state index in [-0.39, 0.29) is 18.6 Å². The zero-order valence-electron chi connectivity index (χ0n) is 8.37. The molecule has 0 spiro atoms. The molecule has 0 bridgehead atoms. The van der Waals surface area contributed by atoms with E-state index in [0.29, 0.717) is 0 Å². The van der Waals surface area contributed by atoms with E-state index >= 15 is 0 Å². The van der Waals surface area contributed by atoms with Gasteiger partial charge in [-0.15, -0.1) is 0 Å². The highest BCUT2D eigenvalue weighted by atomic mass is 79.9. The van der Waals surface area contributed by atoms with E-state index in [4.69, 9.17) is 5.11 Å². The second-order valence-corrected chi connectivity index (χ2v) is 4.25. The van der Waals surface area contributed by atoms with Crippen molar-refractivity contribution in [2.45, 2.75) is 19.9 Å². The molecule has 0 fully saturated rings. The summed E-state index contributed by atoms with van der Waals surface area (Å²) in [5.74, 6) is 1.04. The number of aliphatic hydroxyl groups excluding tert-OH is 1. The van der Waals surface area contributed by atoms with Crippen molar-refractivity contribution in [1.82, 2.24) is 4.98 Å². The Morgan fingerprint density at radius 1 is 1.50 bits per heavy atom. The summed E-state index contributed by atoms with van der Waals surface area (Å²) >= 11 is 3.31. The maximum atomic E-state index is 8.97. The first-order valence-electron chi connectivity index (χ1n) is 4.63. The number of nitrogens with one attached hydrogen (secondary N) is 1. The Labute approximate surface area is 92.7 Å². The van der Waals surface area contributed by atoms with E-state index in [1.165, 1.54) is 0 Å². The molecule has 2 atom stereocenters. The zero-order valence-corrected chi connectivity index (χ0v) is 9.95. The molecule has 2 N–H and O–H groups in total. The van der Waals surface area contributed by atoms with E-state index in [2.05, 4.69) is 26.2 Å². The van der Waals surface area contributed by atoms with Crippen LogP contribution in [0.2, 0.25) is 0 Å². The van der Waals surface area contributed by atoms with Crippen LogP contribution in [-0.4, -0.2) is 22.7 Å². The quantitative estimate of drug-likeness (QED) is 0.815. The van der Waals surface area contributed by atoms with Crippen molar-refractivity contribution in [2.24, 2.45) is 5.92 Å². The third-order valence-corrected chi connectivity index (χ3v) is 2.67. The predicted molar refractivity (Wildman–Crippen MR) is 61.3 cm³/mol. The number of anilines is 1. The molecule has 14 heavy (non-hydrogen) atoms. The summed E-state index contributed by atoms with van der Waals surface area (Å²) in [4.78, 5) is 4.25. The maximum absolute atomic E-state index is 8.97. The smallest absolute Gasteiger partial charge is 0.127 e. The van der Waals surface area contributed by atoms with Crippen LogP contribution in [0.5, 0.6) is 0 Å². The lowest BCUT2D eigenvalue weighted by Crippen LogP contribution is -2.26. The summed E-state index contributed by atoms with van der Waals surface area (Å²) in [6.07, 6.45) is 0. The molecule has 0 aliphatic heterocycles. The first kappa shape index (κ1) is 11.5. The van der Waals surface area contributed by atoms with Crippen LogP contribution in [0, 0.1) is 5.92 Å². The van der Waals surface area contributed by atoms with Crippen molar-refractivity contribution < 1.29 is 5.11 Å². The number of aliphatic hydroxyl groups is 1. The topological polar surface area (TPSA) is 45.1 Å². The number of aromatic nitrogens is 1. The van der Waals surface area contributed by atoms with Gasteiger partial charge in [-0.2, -0.15) is 0 Å². The number of rotatable bonds is 4. The van der Waals surface area contributed by atoms with Crippen LogP contribution in [0.3, 0.4) is 0 Å². The van der Waals surface area contributed by atoms with Crippen LogP contribution in [-0.2, 0) is 0 Å². The molecule has 0 amide bonds. The molecule has 0 saturated heterocycles. The molecule has 78 valence electrons. The van der Waals surface area contributed by atoms with E-state index in [1.54, 1.807) is 0 Å². The van der Waals surface area contributed by atoms with Crippen molar-refractivity contribution in [1.29, 1.82) is 0 Å². The first-order chi connectivity index (χ1) is 6.63. The van der Waals surface area contributed by atoms with Crippen molar-refractivity contribution >= 4 is 21.7 Å². The standard InChI is InChI=1S/C10H15BrN2O/c1-7(6-14)8(2)12-10-5-3-4-9(11)13-10/h3-5,7-8,14H,6H2,1-2H3,(H,12,13). The van der Waals surface area contributed by atoms with Crippen LogP contribution in [0.4, 0.5) is 5.82 Å². The lowest BCUT2D eigenvalue weighted by molar-refractivity contribution is 0.226. The lowest BCUT2D eigenvalue weighted by Gasteiger charge is -2.19. The Kier molecular flexibility index (Phi) is 4.35. The normalized spacial score (nSPS) is 14.9. The van der Waals surface area contributed by atoms with Gasteiger partial charge in [0, 0.05) is 12.6 Å². The number of nitrogens with zero attached hydrogens (tertiary/aromatic N) is 1. The fourth-order valence-corrected chi connectivity index (χ4v) is 1.37. The summed E-state index contributed by atoms with van der Waals surface area (Å²) in [7, 11) is 0. The van der Waals surface area contributed by atoms with Gasteiger partial charge < -0.3 is 10.4 Å². The Hall–Kier alpha value is -0.610. The summed E-state index contributed by atoms with van der Waals surface area (Å²) in [5.41, 5.74) is 0. The molecule has 0 aromatic carbocycles. The Balaban J connectivity index is 2.60. The van der Waals surface area contributed by atoms with Crippen molar-refractivity contribution in [3.8, 4) is 0 Å².